The molecule has 1 aromatic carbocycles. The van der Waals surface area contributed by atoms with Gasteiger partial charge in [0.15, 0.2) is 11.5 Å². The first-order valence-electron chi connectivity index (χ1n) is 6.64. The van der Waals surface area contributed by atoms with Crippen molar-refractivity contribution in [2.24, 2.45) is 0 Å². The van der Waals surface area contributed by atoms with Crippen molar-refractivity contribution in [2.75, 3.05) is 6.79 Å². The SMILES string of the molecule is OCc1nn(Cc2cccnc2)c2cc3c(cc12)OCO3. The van der Waals surface area contributed by atoms with Crippen LogP contribution in [0.15, 0.2) is 36.7 Å². The molecule has 2 aromatic heterocycles. The van der Waals surface area contributed by atoms with E-state index >= 15 is 0 Å². The Bertz CT molecular complexity index is 799. The number of aliphatic hydroxyl groups excluding tert-OH is 1. The number of ether oxygens (including phenoxy) is 2. The first kappa shape index (κ1) is 12.2. The third-order valence-corrected chi connectivity index (χ3v) is 3.53. The molecule has 0 radical (unpaired) electrons. The lowest BCUT2D eigenvalue weighted by Gasteiger charge is -2.04. The molecule has 3 heterocycles. The van der Waals surface area contributed by atoms with Gasteiger partial charge in [-0.25, -0.2) is 0 Å². The zero-order valence-electron chi connectivity index (χ0n) is 11.2. The summed E-state index contributed by atoms with van der Waals surface area (Å²) in [5, 5.41) is 14.9. The average molecular weight is 283 g/mol. The Labute approximate surface area is 120 Å². The quantitative estimate of drug-likeness (QED) is 0.792. The number of hydrogen-bond acceptors (Lipinski definition) is 5. The molecule has 0 amide bonds. The van der Waals surface area contributed by atoms with Crippen LogP contribution in [0.3, 0.4) is 0 Å². The number of nitrogens with zero attached hydrogens (tertiary/aromatic N) is 3. The van der Waals surface area contributed by atoms with Crippen LogP contribution in [0, 0.1) is 0 Å². The van der Waals surface area contributed by atoms with E-state index in [1.807, 2.05) is 28.9 Å². The molecule has 0 atom stereocenters. The summed E-state index contributed by atoms with van der Waals surface area (Å²) in [6.45, 7) is 0.701. The molecule has 1 aliphatic heterocycles. The molecule has 0 saturated carbocycles. The normalized spacial score (nSPS) is 13.0. The predicted octanol–water partition coefficient (Wildman–Crippen LogP) is 1.70. The smallest absolute Gasteiger partial charge is 0.231 e. The minimum atomic E-state index is -0.115. The predicted molar refractivity (Wildman–Crippen MR) is 75.1 cm³/mol. The minimum absolute atomic E-state index is 0.115. The summed E-state index contributed by atoms with van der Waals surface area (Å²) in [6, 6.07) is 7.66. The highest BCUT2D eigenvalue weighted by Gasteiger charge is 2.19. The third-order valence-electron chi connectivity index (χ3n) is 3.53. The molecule has 21 heavy (non-hydrogen) atoms. The first-order chi connectivity index (χ1) is 10.3. The van der Waals surface area contributed by atoms with E-state index in [2.05, 4.69) is 10.1 Å². The Hall–Kier alpha value is -2.60. The van der Waals surface area contributed by atoms with Crippen molar-refractivity contribution in [2.45, 2.75) is 13.2 Å². The molecule has 0 saturated heterocycles. The van der Waals surface area contributed by atoms with Crippen LogP contribution in [0.4, 0.5) is 0 Å². The summed E-state index contributed by atoms with van der Waals surface area (Å²) in [6.07, 6.45) is 3.54. The van der Waals surface area contributed by atoms with Crippen molar-refractivity contribution < 1.29 is 14.6 Å². The van der Waals surface area contributed by atoms with E-state index in [1.54, 1.807) is 12.4 Å². The molecular formula is C15H13N3O3. The molecular weight excluding hydrogens is 270 g/mol. The molecule has 0 unspecified atom stereocenters. The minimum Gasteiger partial charge on any atom is -0.454 e. The van der Waals surface area contributed by atoms with Gasteiger partial charge in [0.1, 0.15) is 0 Å². The fourth-order valence-corrected chi connectivity index (χ4v) is 2.53. The summed E-state index contributed by atoms with van der Waals surface area (Å²) in [5.74, 6) is 1.40. The molecule has 1 aliphatic rings. The summed E-state index contributed by atoms with van der Waals surface area (Å²) >= 11 is 0. The summed E-state index contributed by atoms with van der Waals surface area (Å²) in [5.41, 5.74) is 2.59. The lowest BCUT2D eigenvalue weighted by molar-refractivity contribution is 0.174. The van der Waals surface area contributed by atoms with Crippen molar-refractivity contribution in [3.05, 3.63) is 47.9 Å². The molecule has 6 nitrogen and oxygen atoms in total. The van der Waals surface area contributed by atoms with Gasteiger partial charge in [-0.2, -0.15) is 5.10 Å². The maximum absolute atomic E-state index is 9.50. The number of hydrogen-bond donors (Lipinski definition) is 1. The number of pyridine rings is 1. The molecule has 4 rings (SSSR count). The van der Waals surface area contributed by atoms with Crippen LogP contribution in [-0.4, -0.2) is 26.7 Å². The second kappa shape index (κ2) is 4.75. The molecule has 3 aromatic rings. The number of fused-ring (bicyclic) bond motifs is 2. The average Bonchev–Trinajstić information content (AvgIpc) is 3.11. The van der Waals surface area contributed by atoms with Crippen LogP contribution in [-0.2, 0) is 13.2 Å². The fraction of sp³-hybridized carbons (Fsp3) is 0.200. The Morgan fingerprint density at radius 1 is 1.24 bits per heavy atom. The number of benzene rings is 1. The Balaban J connectivity index is 1.85. The highest BCUT2D eigenvalue weighted by atomic mass is 16.7. The van der Waals surface area contributed by atoms with E-state index in [0.717, 1.165) is 16.5 Å². The number of rotatable bonds is 3. The fourth-order valence-electron chi connectivity index (χ4n) is 2.53. The lowest BCUT2D eigenvalue weighted by Crippen LogP contribution is -2.02. The topological polar surface area (TPSA) is 69.4 Å². The van der Waals surface area contributed by atoms with Gasteiger partial charge in [0.05, 0.1) is 24.4 Å². The molecule has 0 bridgehead atoms. The molecule has 0 spiro atoms. The van der Waals surface area contributed by atoms with E-state index in [-0.39, 0.29) is 13.4 Å². The summed E-state index contributed by atoms with van der Waals surface area (Å²) in [7, 11) is 0. The van der Waals surface area contributed by atoms with E-state index in [0.29, 0.717) is 23.7 Å². The van der Waals surface area contributed by atoms with Gasteiger partial charge in [-0.15, -0.1) is 0 Å². The van der Waals surface area contributed by atoms with Crippen molar-refractivity contribution in [1.82, 2.24) is 14.8 Å². The van der Waals surface area contributed by atoms with Crippen LogP contribution < -0.4 is 9.47 Å². The highest BCUT2D eigenvalue weighted by Crippen LogP contribution is 2.37. The Kier molecular flexibility index (Phi) is 2.75. The van der Waals surface area contributed by atoms with Gasteiger partial charge < -0.3 is 14.6 Å². The van der Waals surface area contributed by atoms with Gasteiger partial charge in [-0.3, -0.25) is 9.67 Å². The van der Waals surface area contributed by atoms with Crippen LogP contribution in [0.1, 0.15) is 11.3 Å². The van der Waals surface area contributed by atoms with Gasteiger partial charge in [-0.1, -0.05) is 6.07 Å². The van der Waals surface area contributed by atoms with Gasteiger partial charge >= 0.3 is 0 Å². The van der Waals surface area contributed by atoms with Crippen LogP contribution in [0.2, 0.25) is 0 Å². The van der Waals surface area contributed by atoms with Crippen molar-refractivity contribution in [1.29, 1.82) is 0 Å². The monoisotopic (exact) mass is 283 g/mol. The third kappa shape index (κ3) is 2.00. The Morgan fingerprint density at radius 2 is 2.10 bits per heavy atom. The number of aliphatic hydroxyl groups is 1. The van der Waals surface area contributed by atoms with Gasteiger partial charge in [0.2, 0.25) is 6.79 Å². The maximum Gasteiger partial charge on any atom is 0.231 e. The number of aromatic nitrogens is 3. The molecule has 1 N–H and O–H groups in total. The molecule has 106 valence electrons. The molecule has 6 heteroatoms. The highest BCUT2D eigenvalue weighted by molar-refractivity contribution is 5.86. The van der Waals surface area contributed by atoms with E-state index < -0.39 is 0 Å². The van der Waals surface area contributed by atoms with Gasteiger partial charge in [0.25, 0.3) is 0 Å². The second-order valence-electron chi connectivity index (χ2n) is 4.85. The van der Waals surface area contributed by atoms with Crippen molar-refractivity contribution >= 4 is 10.9 Å². The maximum atomic E-state index is 9.50. The summed E-state index contributed by atoms with van der Waals surface area (Å²) < 4.78 is 12.6. The summed E-state index contributed by atoms with van der Waals surface area (Å²) in [4.78, 5) is 4.11. The van der Waals surface area contributed by atoms with Crippen LogP contribution >= 0.6 is 0 Å². The van der Waals surface area contributed by atoms with Crippen molar-refractivity contribution in [3.8, 4) is 11.5 Å². The second-order valence-corrected chi connectivity index (χ2v) is 4.85. The first-order valence-corrected chi connectivity index (χ1v) is 6.64. The van der Waals surface area contributed by atoms with Crippen LogP contribution in [0.5, 0.6) is 11.5 Å². The van der Waals surface area contributed by atoms with Crippen molar-refractivity contribution in [3.63, 3.8) is 0 Å². The van der Waals surface area contributed by atoms with E-state index in [9.17, 15) is 5.11 Å². The lowest BCUT2D eigenvalue weighted by atomic mass is 10.2. The van der Waals surface area contributed by atoms with Crippen LogP contribution in [0.25, 0.3) is 10.9 Å². The largest absolute Gasteiger partial charge is 0.454 e. The van der Waals surface area contributed by atoms with E-state index in [1.165, 1.54) is 0 Å². The van der Waals surface area contributed by atoms with E-state index in [4.69, 9.17) is 9.47 Å². The zero-order valence-corrected chi connectivity index (χ0v) is 11.2. The van der Waals surface area contributed by atoms with Gasteiger partial charge in [-0.05, 0) is 17.7 Å². The Morgan fingerprint density at radius 3 is 2.86 bits per heavy atom. The van der Waals surface area contributed by atoms with Gasteiger partial charge in [0, 0.05) is 23.8 Å². The standard InChI is InChI=1S/C15H13N3O3/c19-8-12-11-4-14-15(21-9-20-14)5-13(11)18(17-12)7-10-2-1-3-16-6-10/h1-6,19H,7-9H2. The molecule has 0 fully saturated rings. The zero-order chi connectivity index (χ0) is 14.2. The molecule has 0 aliphatic carbocycles.